The summed E-state index contributed by atoms with van der Waals surface area (Å²) < 4.78 is 13.0. The number of carbonyl (C=O) groups excluding carboxylic acids is 2. The van der Waals surface area contributed by atoms with Gasteiger partial charge in [-0.3, -0.25) is 9.59 Å². The number of piperazine rings is 1. The second-order valence-electron chi connectivity index (χ2n) is 5.15. The van der Waals surface area contributed by atoms with Gasteiger partial charge in [-0.1, -0.05) is 11.6 Å². The first-order valence-corrected chi connectivity index (χ1v) is 7.57. The van der Waals surface area contributed by atoms with Crippen molar-refractivity contribution in [1.82, 2.24) is 15.1 Å². The highest BCUT2D eigenvalue weighted by Crippen LogP contribution is 2.20. The average Bonchev–Trinajstić information content (AvgIpc) is 2.52. The van der Waals surface area contributed by atoms with Crippen LogP contribution in [0.25, 0.3) is 0 Å². The van der Waals surface area contributed by atoms with Gasteiger partial charge in [0.15, 0.2) is 0 Å². The maximum atomic E-state index is 13.0. The van der Waals surface area contributed by atoms with E-state index < -0.39 is 5.82 Å². The van der Waals surface area contributed by atoms with Crippen LogP contribution in [0.5, 0.6) is 0 Å². The van der Waals surface area contributed by atoms with Crippen molar-refractivity contribution in [2.24, 2.45) is 0 Å². The summed E-state index contributed by atoms with van der Waals surface area (Å²) in [6.45, 7) is 2.57. The zero-order valence-electron chi connectivity index (χ0n) is 12.8. The molecule has 0 aliphatic carbocycles. The summed E-state index contributed by atoms with van der Waals surface area (Å²) in [6, 6.07) is 3.74. The standard InChI is InChI=1S/C15H19ClFN3O2.ClH/c1-18-5-4-14(21)19-6-8-20(9-7-19)15(22)12-3-2-11(17)10-13(12)16;/h2-3,10,18H,4-9H2,1H3;1H. The molecule has 2 amide bonds. The number of nitrogens with zero attached hydrogens (tertiary/aromatic N) is 2. The summed E-state index contributed by atoms with van der Waals surface area (Å²) in [7, 11) is 1.80. The minimum Gasteiger partial charge on any atom is -0.339 e. The van der Waals surface area contributed by atoms with Crippen molar-refractivity contribution in [3.8, 4) is 0 Å². The van der Waals surface area contributed by atoms with Gasteiger partial charge in [0.1, 0.15) is 5.82 Å². The predicted octanol–water partition coefficient (Wildman–Crippen LogP) is 1.79. The zero-order valence-corrected chi connectivity index (χ0v) is 14.4. The Morgan fingerprint density at radius 1 is 1.22 bits per heavy atom. The lowest BCUT2D eigenvalue weighted by Crippen LogP contribution is -2.50. The van der Waals surface area contributed by atoms with Gasteiger partial charge < -0.3 is 15.1 Å². The monoisotopic (exact) mass is 363 g/mol. The minimum atomic E-state index is -0.471. The molecule has 1 saturated heterocycles. The number of hydrogen-bond donors (Lipinski definition) is 1. The van der Waals surface area contributed by atoms with E-state index in [1.807, 2.05) is 0 Å². The summed E-state index contributed by atoms with van der Waals surface area (Å²) in [4.78, 5) is 27.7. The van der Waals surface area contributed by atoms with E-state index in [0.717, 1.165) is 6.07 Å². The number of hydrogen-bond acceptors (Lipinski definition) is 3. The van der Waals surface area contributed by atoms with Crippen molar-refractivity contribution >= 4 is 35.8 Å². The van der Waals surface area contributed by atoms with Crippen molar-refractivity contribution < 1.29 is 14.0 Å². The molecule has 0 saturated carbocycles. The van der Waals surface area contributed by atoms with Crippen molar-refractivity contribution in [2.45, 2.75) is 6.42 Å². The van der Waals surface area contributed by atoms with Crippen LogP contribution in [-0.2, 0) is 4.79 Å². The molecular weight excluding hydrogens is 344 g/mol. The van der Waals surface area contributed by atoms with Crippen LogP contribution in [0.4, 0.5) is 4.39 Å². The fourth-order valence-electron chi connectivity index (χ4n) is 2.38. The molecule has 1 N–H and O–H groups in total. The van der Waals surface area contributed by atoms with Crippen LogP contribution < -0.4 is 5.32 Å². The van der Waals surface area contributed by atoms with Gasteiger partial charge in [-0.25, -0.2) is 4.39 Å². The first kappa shape index (κ1) is 19.7. The molecule has 1 fully saturated rings. The van der Waals surface area contributed by atoms with E-state index in [2.05, 4.69) is 5.32 Å². The molecule has 5 nitrogen and oxygen atoms in total. The number of nitrogens with one attached hydrogen (secondary N) is 1. The quantitative estimate of drug-likeness (QED) is 0.887. The molecule has 1 aromatic rings. The second-order valence-corrected chi connectivity index (χ2v) is 5.56. The van der Waals surface area contributed by atoms with Crippen LogP contribution >= 0.6 is 24.0 Å². The maximum Gasteiger partial charge on any atom is 0.255 e. The van der Waals surface area contributed by atoms with E-state index >= 15 is 0 Å². The molecule has 1 heterocycles. The second kappa shape index (κ2) is 9.05. The minimum absolute atomic E-state index is 0. The Kier molecular flexibility index (Phi) is 7.75. The van der Waals surface area contributed by atoms with E-state index in [1.165, 1.54) is 12.1 Å². The molecule has 0 spiro atoms. The third-order valence-electron chi connectivity index (χ3n) is 3.67. The SMILES string of the molecule is CNCCC(=O)N1CCN(C(=O)c2ccc(F)cc2Cl)CC1.Cl. The van der Waals surface area contributed by atoms with Gasteiger partial charge in [0, 0.05) is 39.1 Å². The molecule has 0 atom stereocenters. The molecule has 128 valence electrons. The number of halogens is 3. The highest BCUT2D eigenvalue weighted by Gasteiger charge is 2.25. The van der Waals surface area contributed by atoms with E-state index in [1.54, 1.807) is 16.8 Å². The molecule has 0 aromatic heterocycles. The Balaban J connectivity index is 0.00000264. The van der Waals surface area contributed by atoms with E-state index in [-0.39, 0.29) is 34.8 Å². The number of rotatable bonds is 4. The van der Waals surface area contributed by atoms with E-state index in [4.69, 9.17) is 11.6 Å². The molecule has 2 rings (SSSR count). The van der Waals surface area contributed by atoms with E-state index in [9.17, 15) is 14.0 Å². The molecule has 0 unspecified atom stereocenters. The molecule has 0 radical (unpaired) electrons. The number of benzene rings is 1. The van der Waals surface area contributed by atoms with Crippen molar-refractivity contribution in [1.29, 1.82) is 0 Å². The average molecular weight is 364 g/mol. The topological polar surface area (TPSA) is 52.7 Å². The smallest absolute Gasteiger partial charge is 0.255 e. The Bertz CT molecular complexity index is 564. The summed E-state index contributed by atoms with van der Waals surface area (Å²) in [5.74, 6) is -0.616. The van der Waals surface area contributed by atoms with Gasteiger partial charge >= 0.3 is 0 Å². The van der Waals surface area contributed by atoms with Crippen LogP contribution in [0.15, 0.2) is 18.2 Å². The van der Waals surface area contributed by atoms with Gasteiger partial charge in [-0.05, 0) is 25.2 Å². The fraction of sp³-hybridized carbons (Fsp3) is 0.467. The first-order valence-electron chi connectivity index (χ1n) is 7.19. The lowest BCUT2D eigenvalue weighted by molar-refractivity contribution is -0.132. The van der Waals surface area contributed by atoms with Gasteiger partial charge in [-0.15, -0.1) is 12.4 Å². The van der Waals surface area contributed by atoms with E-state index in [0.29, 0.717) is 39.1 Å². The summed E-state index contributed by atoms with van der Waals surface area (Å²) in [5, 5.41) is 3.05. The Morgan fingerprint density at radius 3 is 2.39 bits per heavy atom. The first-order chi connectivity index (χ1) is 10.5. The van der Waals surface area contributed by atoms with Crippen LogP contribution in [0, 0.1) is 5.82 Å². The zero-order chi connectivity index (χ0) is 16.1. The summed E-state index contributed by atoms with van der Waals surface area (Å²) in [6.07, 6.45) is 0.453. The summed E-state index contributed by atoms with van der Waals surface area (Å²) in [5.41, 5.74) is 0.290. The molecule has 1 aliphatic heterocycles. The highest BCUT2D eigenvalue weighted by molar-refractivity contribution is 6.33. The lowest BCUT2D eigenvalue weighted by Gasteiger charge is -2.35. The number of carbonyl (C=O) groups is 2. The predicted molar refractivity (Wildman–Crippen MR) is 89.7 cm³/mol. The van der Waals surface area contributed by atoms with Crippen LogP contribution in [0.3, 0.4) is 0 Å². The Labute approximate surface area is 146 Å². The Hall–Kier alpha value is -1.37. The largest absolute Gasteiger partial charge is 0.339 e. The van der Waals surface area contributed by atoms with Crippen molar-refractivity contribution in [3.05, 3.63) is 34.6 Å². The van der Waals surface area contributed by atoms with Crippen LogP contribution in [0.2, 0.25) is 5.02 Å². The molecular formula is C15H20Cl2FN3O2. The molecule has 0 bridgehead atoms. The normalized spacial score (nSPS) is 14.4. The third-order valence-corrected chi connectivity index (χ3v) is 3.98. The number of amides is 2. The van der Waals surface area contributed by atoms with Crippen LogP contribution in [-0.4, -0.2) is 61.4 Å². The van der Waals surface area contributed by atoms with Crippen LogP contribution in [0.1, 0.15) is 16.8 Å². The van der Waals surface area contributed by atoms with Crippen molar-refractivity contribution in [2.75, 3.05) is 39.8 Å². The lowest BCUT2D eigenvalue weighted by atomic mass is 10.1. The van der Waals surface area contributed by atoms with Gasteiger partial charge in [0.05, 0.1) is 10.6 Å². The van der Waals surface area contributed by atoms with Gasteiger partial charge in [0.2, 0.25) is 5.91 Å². The van der Waals surface area contributed by atoms with Gasteiger partial charge in [-0.2, -0.15) is 0 Å². The molecule has 1 aliphatic rings. The third kappa shape index (κ3) is 5.06. The van der Waals surface area contributed by atoms with Gasteiger partial charge in [0.25, 0.3) is 5.91 Å². The molecule has 23 heavy (non-hydrogen) atoms. The Morgan fingerprint density at radius 2 is 1.83 bits per heavy atom. The summed E-state index contributed by atoms with van der Waals surface area (Å²) >= 11 is 5.92. The molecule has 1 aromatic carbocycles. The fourth-order valence-corrected chi connectivity index (χ4v) is 2.63. The maximum absolute atomic E-state index is 13.0. The molecule has 8 heteroatoms. The van der Waals surface area contributed by atoms with Crippen molar-refractivity contribution in [3.63, 3.8) is 0 Å². The highest BCUT2D eigenvalue weighted by atomic mass is 35.5.